The first kappa shape index (κ1) is 24.6. The second-order valence-electron chi connectivity index (χ2n) is 8.87. The van der Waals surface area contributed by atoms with Crippen molar-refractivity contribution in [1.29, 1.82) is 0 Å². The topological polar surface area (TPSA) is 82.1 Å². The van der Waals surface area contributed by atoms with E-state index in [0.29, 0.717) is 16.8 Å². The number of aliphatic hydroxyl groups excluding tert-OH is 1. The van der Waals surface area contributed by atoms with Crippen molar-refractivity contribution in [3.63, 3.8) is 0 Å². The number of rotatable bonds is 6. The van der Waals surface area contributed by atoms with Crippen LogP contribution in [0.15, 0.2) is 60.6 Å². The molecule has 1 aromatic carbocycles. The third kappa shape index (κ3) is 5.12. The maximum absolute atomic E-state index is 13.5. The fourth-order valence-electron chi connectivity index (χ4n) is 4.00. The number of H-pyrrole nitrogens is 1. The van der Waals surface area contributed by atoms with E-state index in [1.54, 1.807) is 25.1 Å². The van der Waals surface area contributed by atoms with Crippen LogP contribution in [0.1, 0.15) is 30.3 Å². The van der Waals surface area contributed by atoms with E-state index < -0.39 is 35.1 Å². The van der Waals surface area contributed by atoms with E-state index in [4.69, 9.17) is 0 Å². The molecular formula is C25H24F4N4O2. The summed E-state index contributed by atoms with van der Waals surface area (Å²) in [5, 5.41) is 18.9. The number of carbonyl (C=O) groups excluding carboxylic acids is 1. The van der Waals surface area contributed by atoms with Crippen molar-refractivity contribution < 1.29 is 27.5 Å². The smallest absolute Gasteiger partial charge is 0.382 e. The number of amides is 1. The van der Waals surface area contributed by atoms with E-state index in [1.165, 1.54) is 29.2 Å². The minimum Gasteiger partial charge on any atom is -0.382 e. The molecule has 0 saturated heterocycles. The molecule has 6 nitrogen and oxygen atoms in total. The summed E-state index contributed by atoms with van der Waals surface area (Å²) < 4.78 is 52.0. The summed E-state index contributed by atoms with van der Waals surface area (Å²) in [6, 6.07) is 7.41. The first-order valence-corrected chi connectivity index (χ1v) is 11.0. The molecule has 184 valence electrons. The Hall–Kier alpha value is -3.53. The van der Waals surface area contributed by atoms with Crippen LogP contribution in [-0.2, 0) is 17.4 Å². The Morgan fingerprint density at radius 3 is 2.69 bits per heavy atom. The predicted molar refractivity (Wildman–Crippen MR) is 123 cm³/mol. The summed E-state index contributed by atoms with van der Waals surface area (Å²) in [6.45, 7) is 3.58. The number of alkyl halides is 3. The third-order valence-electron chi connectivity index (χ3n) is 6.26. The zero-order valence-electron chi connectivity index (χ0n) is 19.1. The molecule has 35 heavy (non-hydrogen) atoms. The van der Waals surface area contributed by atoms with Gasteiger partial charge in [-0.15, -0.1) is 0 Å². The number of benzene rings is 1. The van der Waals surface area contributed by atoms with Crippen LogP contribution in [0.3, 0.4) is 0 Å². The van der Waals surface area contributed by atoms with Gasteiger partial charge >= 0.3 is 6.18 Å². The lowest BCUT2D eigenvalue weighted by Crippen LogP contribution is -2.47. The highest BCUT2D eigenvalue weighted by atomic mass is 19.4. The van der Waals surface area contributed by atoms with Gasteiger partial charge in [-0.3, -0.25) is 14.9 Å². The molecule has 0 saturated carbocycles. The maximum atomic E-state index is 13.5. The highest BCUT2D eigenvalue weighted by Crippen LogP contribution is 2.35. The number of anilines is 1. The number of halogens is 4. The van der Waals surface area contributed by atoms with Crippen LogP contribution < -0.4 is 4.90 Å². The number of aromatic nitrogens is 3. The van der Waals surface area contributed by atoms with E-state index in [0.717, 1.165) is 23.3 Å². The minimum atomic E-state index is -4.54. The number of nitrogens with one attached hydrogen (secondary N) is 1. The van der Waals surface area contributed by atoms with Gasteiger partial charge in [0.15, 0.2) is 0 Å². The van der Waals surface area contributed by atoms with Crippen LogP contribution in [0.5, 0.6) is 0 Å². The van der Waals surface area contributed by atoms with Crippen LogP contribution in [0.4, 0.5) is 23.2 Å². The van der Waals surface area contributed by atoms with E-state index in [-0.39, 0.29) is 19.4 Å². The standard InChI is InChI=1S/C25H24F4N4O2/c1-15-19-13-18(4-5-20(19)32-31-15)33(12-9-16-3-6-21(30-14-16)25(27,28)29)23(35)22(34)24(2)10-7-17(26)8-11-24/h3-8,10,13-14,22,34H,9,11-12H2,1-2H3,(H,31,32)/t22-,24?/m1/s1. The van der Waals surface area contributed by atoms with Crippen LogP contribution >= 0.6 is 0 Å². The molecular weight excluding hydrogens is 464 g/mol. The largest absolute Gasteiger partial charge is 0.433 e. The van der Waals surface area contributed by atoms with Gasteiger partial charge in [0.25, 0.3) is 5.91 Å². The summed E-state index contributed by atoms with van der Waals surface area (Å²) in [7, 11) is 0. The lowest BCUT2D eigenvalue weighted by molar-refractivity contribution is -0.141. The van der Waals surface area contributed by atoms with E-state index in [9.17, 15) is 27.5 Å². The third-order valence-corrected chi connectivity index (χ3v) is 6.26. The summed E-state index contributed by atoms with van der Waals surface area (Å²) in [4.78, 5) is 18.4. The summed E-state index contributed by atoms with van der Waals surface area (Å²) >= 11 is 0. The molecule has 2 N–H and O–H groups in total. The normalized spacial score (nSPS) is 19.0. The van der Waals surface area contributed by atoms with Gasteiger partial charge in [0.1, 0.15) is 17.6 Å². The Labute approximate surface area is 199 Å². The molecule has 0 spiro atoms. The molecule has 1 amide bonds. The van der Waals surface area contributed by atoms with Crippen LogP contribution in [0.25, 0.3) is 10.9 Å². The van der Waals surface area contributed by atoms with Gasteiger partial charge < -0.3 is 10.0 Å². The highest BCUT2D eigenvalue weighted by molar-refractivity contribution is 5.99. The van der Waals surface area contributed by atoms with Crippen molar-refractivity contribution in [3.8, 4) is 0 Å². The first-order valence-electron chi connectivity index (χ1n) is 11.0. The van der Waals surface area contributed by atoms with Gasteiger partial charge in [0.2, 0.25) is 0 Å². The molecule has 1 aliphatic carbocycles. The lowest BCUT2D eigenvalue weighted by atomic mass is 9.77. The minimum absolute atomic E-state index is 0.0787. The Balaban J connectivity index is 1.63. The predicted octanol–water partition coefficient (Wildman–Crippen LogP) is 5.04. The van der Waals surface area contributed by atoms with Crippen LogP contribution in [-0.4, -0.2) is 38.8 Å². The van der Waals surface area contributed by atoms with Crippen molar-refractivity contribution in [2.75, 3.05) is 11.4 Å². The zero-order valence-corrected chi connectivity index (χ0v) is 19.1. The molecule has 2 heterocycles. The van der Waals surface area contributed by atoms with Crippen LogP contribution in [0.2, 0.25) is 0 Å². The van der Waals surface area contributed by atoms with Gasteiger partial charge in [0, 0.05) is 34.9 Å². The number of hydrogen-bond donors (Lipinski definition) is 2. The highest BCUT2D eigenvalue weighted by Gasteiger charge is 2.39. The molecule has 2 atom stereocenters. The number of hydrogen-bond acceptors (Lipinski definition) is 4. The maximum Gasteiger partial charge on any atom is 0.433 e. The fourth-order valence-corrected chi connectivity index (χ4v) is 4.00. The second-order valence-corrected chi connectivity index (χ2v) is 8.87. The Kier molecular flexibility index (Phi) is 6.50. The number of pyridine rings is 1. The molecule has 1 aliphatic rings. The van der Waals surface area contributed by atoms with Gasteiger partial charge in [-0.2, -0.15) is 18.3 Å². The van der Waals surface area contributed by atoms with Gasteiger partial charge in [0.05, 0.1) is 5.52 Å². The lowest BCUT2D eigenvalue weighted by Gasteiger charge is -2.35. The fraction of sp³-hybridized carbons (Fsp3) is 0.320. The average molecular weight is 488 g/mol. The molecule has 0 aliphatic heterocycles. The monoisotopic (exact) mass is 488 g/mol. The second kappa shape index (κ2) is 9.26. The number of allylic oxidation sites excluding steroid dienone is 3. The Morgan fingerprint density at radius 1 is 1.29 bits per heavy atom. The van der Waals surface area contributed by atoms with E-state index in [2.05, 4.69) is 15.2 Å². The number of carbonyl (C=O) groups is 1. The summed E-state index contributed by atoms with van der Waals surface area (Å²) in [5.74, 6) is -1.04. The van der Waals surface area contributed by atoms with Crippen molar-refractivity contribution in [2.24, 2.45) is 5.41 Å². The molecule has 4 rings (SSSR count). The molecule has 0 radical (unpaired) electrons. The zero-order chi connectivity index (χ0) is 25.4. The van der Waals surface area contributed by atoms with Crippen molar-refractivity contribution in [3.05, 3.63) is 77.5 Å². The number of nitrogens with zero attached hydrogens (tertiary/aromatic N) is 3. The molecule has 0 bridgehead atoms. The molecule has 0 fully saturated rings. The molecule has 1 unspecified atom stereocenters. The number of aryl methyl sites for hydroxylation is 1. The molecule has 10 heteroatoms. The van der Waals surface area contributed by atoms with Crippen LogP contribution in [0, 0.1) is 12.3 Å². The summed E-state index contributed by atoms with van der Waals surface area (Å²) in [5.41, 5.74) is 0.480. The van der Waals surface area contributed by atoms with E-state index in [1.807, 2.05) is 6.92 Å². The summed E-state index contributed by atoms with van der Waals surface area (Å²) in [6.07, 6.45) is -0.536. The number of aromatic amines is 1. The Bertz CT molecular complexity index is 1300. The first-order chi connectivity index (χ1) is 16.5. The molecule has 2 aromatic heterocycles. The van der Waals surface area contributed by atoms with Crippen molar-refractivity contribution in [1.82, 2.24) is 15.2 Å². The Morgan fingerprint density at radius 2 is 2.06 bits per heavy atom. The number of aliphatic hydroxyl groups is 1. The van der Waals surface area contributed by atoms with Gasteiger partial charge in [-0.25, -0.2) is 4.39 Å². The van der Waals surface area contributed by atoms with Gasteiger partial charge in [-0.1, -0.05) is 19.1 Å². The number of fused-ring (bicyclic) bond motifs is 1. The average Bonchev–Trinajstić information content (AvgIpc) is 3.20. The quantitative estimate of drug-likeness (QED) is 0.477. The van der Waals surface area contributed by atoms with Crippen molar-refractivity contribution in [2.45, 2.75) is 39.0 Å². The van der Waals surface area contributed by atoms with E-state index >= 15 is 0 Å². The van der Waals surface area contributed by atoms with Crippen molar-refractivity contribution >= 4 is 22.5 Å². The molecule has 3 aromatic rings. The van der Waals surface area contributed by atoms with Gasteiger partial charge in [-0.05, 0) is 61.7 Å². The SMILES string of the molecule is Cc1[nH]nc2ccc(N(CCc3ccc(C(F)(F)F)nc3)C(=O)[C@@H](O)C3(C)C=CC(F)=CC3)cc12.